The molecule has 3 aromatic rings. The fourth-order valence-corrected chi connectivity index (χ4v) is 4.04. The van der Waals surface area contributed by atoms with Crippen LogP contribution < -0.4 is 0 Å². The zero-order valence-electron chi connectivity index (χ0n) is 13.0. The van der Waals surface area contributed by atoms with Crippen molar-refractivity contribution in [2.24, 2.45) is 0 Å². The van der Waals surface area contributed by atoms with Crippen molar-refractivity contribution in [3.8, 4) is 11.3 Å². The number of nitrogens with zero attached hydrogens (tertiary/aromatic N) is 2. The van der Waals surface area contributed by atoms with Crippen molar-refractivity contribution < 1.29 is 4.79 Å². The summed E-state index contributed by atoms with van der Waals surface area (Å²) >= 11 is 3.50. The summed E-state index contributed by atoms with van der Waals surface area (Å²) in [6.07, 6.45) is 7.61. The second-order valence-corrected chi connectivity index (χ2v) is 7.10. The molecule has 23 heavy (non-hydrogen) atoms. The molecule has 0 N–H and O–H groups in total. The van der Waals surface area contributed by atoms with Crippen molar-refractivity contribution in [3.63, 3.8) is 0 Å². The molecule has 0 saturated carbocycles. The highest BCUT2D eigenvalue weighted by Gasteiger charge is 2.17. The van der Waals surface area contributed by atoms with Crippen molar-refractivity contribution in [1.82, 2.24) is 9.38 Å². The predicted molar refractivity (Wildman–Crippen MR) is 95.1 cm³/mol. The van der Waals surface area contributed by atoms with Gasteiger partial charge in [-0.1, -0.05) is 12.1 Å². The molecule has 1 aromatic carbocycles. The number of pyridine rings is 1. The number of hydrogen-bond acceptors (Lipinski definition) is 2. The summed E-state index contributed by atoms with van der Waals surface area (Å²) in [7, 11) is 0. The Morgan fingerprint density at radius 2 is 1.96 bits per heavy atom. The molecular formula is C19H17BrN2O. The Kier molecular flexibility index (Phi) is 3.57. The summed E-state index contributed by atoms with van der Waals surface area (Å²) in [6.45, 7) is 2.01. The Hall–Kier alpha value is -1.94. The number of aldehydes is 1. The lowest BCUT2D eigenvalue weighted by Gasteiger charge is -2.16. The number of hydrogen-bond donors (Lipinski definition) is 0. The topological polar surface area (TPSA) is 34.4 Å². The third-order valence-electron chi connectivity index (χ3n) is 4.64. The van der Waals surface area contributed by atoms with Crippen molar-refractivity contribution in [2.75, 3.05) is 0 Å². The number of imidazole rings is 1. The first kappa shape index (κ1) is 14.6. The van der Waals surface area contributed by atoms with Crippen LogP contribution in [-0.2, 0) is 12.8 Å². The molecule has 0 unspecified atom stereocenters. The Bertz CT molecular complexity index is 927. The summed E-state index contributed by atoms with van der Waals surface area (Å²) < 4.78 is 2.82. The minimum absolute atomic E-state index is 0.611. The van der Waals surface area contributed by atoms with E-state index in [0.717, 1.165) is 46.1 Å². The minimum atomic E-state index is 0.611. The third kappa shape index (κ3) is 2.41. The number of benzene rings is 1. The van der Waals surface area contributed by atoms with Gasteiger partial charge in [0.15, 0.2) is 6.29 Å². The molecule has 0 atom stereocenters. The summed E-state index contributed by atoms with van der Waals surface area (Å²) in [4.78, 5) is 16.5. The van der Waals surface area contributed by atoms with Gasteiger partial charge in [-0.25, -0.2) is 4.98 Å². The lowest BCUT2D eigenvalue weighted by molar-refractivity contribution is 0.111. The first-order chi connectivity index (χ1) is 11.2. The second-order valence-electron chi connectivity index (χ2n) is 6.19. The van der Waals surface area contributed by atoms with Crippen LogP contribution >= 0.6 is 15.9 Å². The summed E-state index contributed by atoms with van der Waals surface area (Å²) in [6, 6.07) is 8.54. The van der Waals surface area contributed by atoms with Crippen molar-refractivity contribution in [1.29, 1.82) is 0 Å². The molecule has 0 amide bonds. The van der Waals surface area contributed by atoms with E-state index < -0.39 is 0 Å². The monoisotopic (exact) mass is 368 g/mol. The van der Waals surface area contributed by atoms with Crippen LogP contribution in [0.4, 0.5) is 0 Å². The molecule has 0 saturated heterocycles. The zero-order chi connectivity index (χ0) is 16.0. The summed E-state index contributed by atoms with van der Waals surface area (Å²) in [5, 5.41) is 0. The number of aromatic nitrogens is 2. The number of aryl methyl sites for hydroxylation is 3. The van der Waals surface area contributed by atoms with E-state index in [1.165, 1.54) is 24.0 Å². The molecule has 116 valence electrons. The summed E-state index contributed by atoms with van der Waals surface area (Å²) in [5.41, 5.74) is 7.15. The van der Waals surface area contributed by atoms with E-state index >= 15 is 0 Å². The van der Waals surface area contributed by atoms with Gasteiger partial charge < -0.3 is 0 Å². The number of rotatable bonds is 2. The van der Waals surface area contributed by atoms with Crippen molar-refractivity contribution in [2.45, 2.75) is 32.6 Å². The highest BCUT2D eigenvalue weighted by molar-refractivity contribution is 9.10. The van der Waals surface area contributed by atoms with Crippen molar-refractivity contribution >= 4 is 27.9 Å². The maximum atomic E-state index is 11.7. The number of halogens is 1. The Morgan fingerprint density at radius 1 is 1.17 bits per heavy atom. The van der Waals surface area contributed by atoms with E-state index in [-0.39, 0.29) is 0 Å². The first-order valence-corrected chi connectivity index (χ1v) is 8.72. The minimum Gasteiger partial charge on any atom is -0.296 e. The second kappa shape index (κ2) is 5.60. The van der Waals surface area contributed by atoms with Gasteiger partial charge in [-0.05, 0) is 77.4 Å². The molecule has 3 nitrogen and oxygen atoms in total. The fraction of sp³-hybridized carbons (Fsp3) is 0.263. The van der Waals surface area contributed by atoms with E-state index in [1.54, 1.807) is 0 Å². The maximum Gasteiger partial charge on any atom is 0.169 e. The van der Waals surface area contributed by atoms with E-state index in [4.69, 9.17) is 4.98 Å². The van der Waals surface area contributed by atoms with Crippen LogP contribution in [0.5, 0.6) is 0 Å². The van der Waals surface area contributed by atoms with Gasteiger partial charge in [-0.15, -0.1) is 0 Å². The third-order valence-corrected chi connectivity index (χ3v) is 5.07. The van der Waals surface area contributed by atoms with Crippen LogP contribution in [0, 0.1) is 6.92 Å². The van der Waals surface area contributed by atoms with Gasteiger partial charge in [-0.3, -0.25) is 9.20 Å². The van der Waals surface area contributed by atoms with Gasteiger partial charge in [0.1, 0.15) is 17.0 Å². The zero-order valence-corrected chi connectivity index (χ0v) is 14.6. The fourth-order valence-electron chi connectivity index (χ4n) is 3.49. The van der Waals surface area contributed by atoms with Gasteiger partial charge >= 0.3 is 0 Å². The number of carbonyl (C=O) groups excluding carboxylic acids is 1. The molecule has 0 bridgehead atoms. The van der Waals surface area contributed by atoms with Gasteiger partial charge in [-0.2, -0.15) is 0 Å². The maximum absolute atomic E-state index is 11.7. The number of carbonyl (C=O) groups is 1. The molecule has 2 heterocycles. The van der Waals surface area contributed by atoms with E-state index in [0.29, 0.717) is 5.69 Å². The SMILES string of the molecule is Cc1cc(Br)cn2c(C=O)c(-c3ccc4c(c3)CCCC4)nc12. The van der Waals surface area contributed by atoms with E-state index in [1.807, 2.05) is 23.6 Å². The van der Waals surface area contributed by atoms with E-state index in [9.17, 15) is 4.79 Å². The lowest BCUT2D eigenvalue weighted by Crippen LogP contribution is -2.02. The largest absolute Gasteiger partial charge is 0.296 e. The van der Waals surface area contributed by atoms with Crippen molar-refractivity contribution in [3.05, 3.63) is 57.3 Å². The first-order valence-electron chi connectivity index (χ1n) is 7.93. The molecule has 2 aromatic heterocycles. The molecule has 1 aliphatic carbocycles. The normalized spacial score (nSPS) is 14.0. The van der Waals surface area contributed by atoms with E-state index in [2.05, 4.69) is 34.1 Å². The van der Waals surface area contributed by atoms with Crippen LogP contribution in [0.25, 0.3) is 16.9 Å². The van der Waals surface area contributed by atoms with Crippen LogP contribution in [0.2, 0.25) is 0 Å². The molecule has 0 spiro atoms. The van der Waals surface area contributed by atoms with Gasteiger partial charge in [0.25, 0.3) is 0 Å². The van der Waals surface area contributed by atoms with Gasteiger partial charge in [0, 0.05) is 16.2 Å². The smallest absolute Gasteiger partial charge is 0.169 e. The molecule has 4 heteroatoms. The molecule has 0 radical (unpaired) electrons. The highest BCUT2D eigenvalue weighted by Crippen LogP contribution is 2.30. The predicted octanol–water partition coefficient (Wildman–Crippen LogP) is 4.76. The lowest BCUT2D eigenvalue weighted by atomic mass is 9.90. The van der Waals surface area contributed by atoms with Crippen LogP contribution in [0.1, 0.15) is 40.0 Å². The molecule has 4 rings (SSSR count). The van der Waals surface area contributed by atoms with Gasteiger partial charge in [0.2, 0.25) is 0 Å². The standard InChI is InChI=1S/C19H17BrN2O/c1-12-8-16(20)10-22-17(11-23)18(21-19(12)22)15-7-6-13-4-2-3-5-14(13)9-15/h6-11H,2-5H2,1H3. The Balaban J connectivity index is 1.95. The van der Waals surface area contributed by atoms with Gasteiger partial charge in [0.05, 0.1) is 0 Å². The van der Waals surface area contributed by atoms with Crippen LogP contribution in [0.3, 0.4) is 0 Å². The molecular weight excluding hydrogens is 352 g/mol. The Morgan fingerprint density at radius 3 is 2.74 bits per heavy atom. The molecule has 0 fully saturated rings. The summed E-state index contributed by atoms with van der Waals surface area (Å²) in [5.74, 6) is 0. The average molecular weight is 369 g/mol. The average Bonchev–Trinajstić information content (AvgIpc) is 2.93. The van der Waals surface area contributed by atoms with Crippen LogP contribution in [-0.4, -0.2) is 15.7 Å². The Labute approximate surface area is 143 Å². The number of fused-ring (bicyclic) bond motifs is 2. The molecule has 1 aliphatic rings. The van der Waals surface area contributed by atoms with Crippen LogP contribution in [0.15, 0.2) is 34.9 Å². The molecule has 0 aliphatic heterocycles. The quantitative estimate of drug-likeness (QED) is 0.610. The highest BCUT2D eigenvalue weighted by atomic mass is 79.9.